The molecule has 0 aliphatic carbocycles. The van der Waals surface area contributed by atoms with Gasteiger partial charge in [-0.2, -0.15) is 0 Å². The number of aryl methyl sites for hydroxylation is 1. The van der Waals surface area contributed by atoms with Crippen LogP contribution < -0.4 is 24.3 Å². The summed E-state index contributed by atoms with van der Waals surface area (Å²) in [6.07, 6.45) is 1.72. The summed E-state index contributed by atoms with van der Waals surface area (Å²) in [6, 6.07) is 13.1. The van der Waals surface area contributed by atoms with E-state index in [4.69, 9.17) is 18.9 Å². The maximum atomic E-state index is 12.4. The molecule has 28 heavy (non-hydrogen) atoms. The summed E-state index contributed by atoms with van der Waals surface area (Å²) in [5.41, 5.74) is 1.13. The van der Waals surface area contributed by atoms with Crippen LogP contribution in [0.15, 0.2) is 42.5 Å². The SMILES string of the molecule is CC[C@@H](Oc1ccc(OC)cc1)C(=O)NCCCc1ccc(OC)c(OC)c1. The largest absolute Gasteiger partial charge is 0.497 e. The molecule has 1 amide bonds. The molecule has 0 saturated heterocycles. The fourth-order valence-electron chi connectivity index (χ4n) is 2.79. The lowest BCUT2D eigenvalue weighted by Crippen LogP contribution is -2.38. The number of carbonyl (C=O) groups excluding carboxylic acids is 1. The molecule has 0 saturated carbocycles. The molecular weight excluding hydrogens is 358 g/mol. The minimum absolute atomic E-state index is 0.106. The number of amides is 1. The Labute approximate surface area is 166 Å². The molecule has 1 atom stereocenters. The first kappa shape index (κ1) is 21.4. The van der Waals surface area contributed by atoms with Crippen molar-refractivity contribution in [2.45, 2.75) is 32.3 Å². The van der Waals surface area contributed by atoms with Crippen molar-refractivity contribution in [3.05, 3.63) is 48.0 Å². The van der Waals surface area contributed by atoms with E-state index in [1.165, 1.54) is 0 Å². The Balaban J connectivity index is 1.80. The van der Waals surface area contributed by atoms with Crippen molar-refractivity contribution in [2.24, 2.45) is 0 Å². The molecule has 0 heterocycles. The van der Waals surface area contributed by atoms with Gasteiger partial charge in [0.1, 0.15) is 11.5 Å². The molecule has 6 nitrogen and oxygen atoms in total. The van der Waals surface area contributed by atoms with E-state index in [9.17, 15) is 4.79 Å². The predicted molar refractivity (Wildman–Crippen MR) is 109 cm³/mol. The van der Waals surface area contributed by atoms with Gasteiger partial charge < -0.3 is 24.3 Å². The first-order valence-corrected chi connectivity index (χ1v) is 9.40. The average Bonchev–Trinajstić information content (AvgIpc) is 2.75. The van der Waals surface area contributed by atoms with Crippen LogP contribution in [0.1, 0.15) is 25.3 Å². The molecule has 1 N–H and O–H groups in total. The van der Waals surface area contributed by atoms with Crippen LogP contribution in [0.25, 0.3) is 0 Å². The highest BCUT2D eigenvalue weighted by Crippen LogP contribution is 2.27. The van der Waals surface area contributed by atoms with Crippen molar-refractivity contribution in [1.29, 1.82) is 0 Å². The van der Waals surface area contributed by atoms with E-state index in [1.54, 1.807) is 33.5 Å². The van der Waals surface area contributed by atoms with Crippen molar-refractivity contribution in [1.82, 2.24) is 5.32 Å². The lowest BCUT2D eigenvalue weighted by Gasteiger charge is -2.17. The zero-order chi connectivity index (χ0) is 20.4. The van der Waals surface area contributed by atoms with Gasteiger partial charge in [0.25, 0.3) is 5.91 Å². The summed E-state index contributed by atoms with van der Waals surface area (Å²) in [5, 5.41) is 2.95. The maximum Gasteiger partial charge on any atom is 0.261 e. The Morgan fingerprint density at radius 1 is 0.929 bits per heavy atom. The van der Waals surface area contributed by atoms with E-state index in [0.29, 0.717) is 30.2 Å². The number of hydrogen-bond donors (Lipinski definition) is 1. The van der Waals surface area contributed by atoms with E-state index in [0.717, 1.165) is 24.2 Å². The van der Waals surface area contributed by atoms with E-state index < -0.39 is 6.10 Å². The molecule has 152 valence electrons. The van der Waals surface area contributed by atoms with E-state index >= 15 is 0 Å². The van der Waals surface area contributed by atoms with Crippen molar-refractivity contribution < 1.29 is 23.7 Å². The number of ether oxygens (including phenoxy) is 4. The van der Waals surface area contributed by atoms with Crippen molar-refractivity contribution in [2.75, 3.05) is 27.9 Å². The normalized spacial score (nSPS) is 11.4. The Hall–Kier alpha value is -2.89. The Morgan fingerprint density at radius 2 is 1.61 bits per heavy atom. The minimum Gasteiger partial charge on any atom is -0.497 e. The topological polar surface area (TPSA) is 66.0 Å². The first-order valence-electron chi connectivity index (χ1n) is 9.40. The highest BCUT2D eigenvalue weighted by molar-refractivity contribution is 5.81. The maximum absolute atomic E-state index is 12.4. The number of rotatable bonds is 11. The van der Waals surface area contributed by atoms with Gasteiger partial charge in [0.15, 0.2) is 17.6 Å². The van der Waals surface area contributed by atoms with Crippen LogP contribution in [0.2, 0.25) is 0 Å². The first-order chi connectivity index (χ1) is 13.6. The van der Waals surface area contributed by atoms with Crippen molar-refractivity contribution in [3.8, 4) is 23.0 Å². The average molecular weight is 387 g/mol. The highest BCUT2D eigenvalue weighted by Gasteiger charge is 2.17. The van der Waals surface area contributed by atoms with Gasteiger partial charge in [0, 0.05) is 6.54 Å². The molecule has 2 aromatic rings. The molecule has 0 bridgehead atoms. The molecule has 0 aliphatic rings. The Morgan fingerprint density at radius 3 is 2.21 bits per heavy atom. The number of hydrogen-bond acceptors (Lipinski definition) is 5. The Bertz CT molecular complexity index is 745. The monoisotopic (exact) mass is 387 g/mol. The second-order valence-electron chi connectivity index (χ2n) is 6.27. The molecule has 6 heteroatoms. The quantitative estimate of drug-likeness (QED) is 0.597. The van der Waals surface area contributed by atoms with E-state index in [1.807, 2.05) is 37.3 Å². The summed E-state index contributed by atoms with van der Waals surface area (Å²) in [5.74, 6) is 2.71. The molecule has 0 spiro atoms. The third-order valence-electron chi connectivity index (χ3n) is 4.39. The van der Waals surface area contributed by atoms with E-state index in [2.05, 4.69) is 5.32 Å². The summed E-state index contributed by atoms with van der Waals surface area (Å²) < 4.78 is 21.5. The molecule has 2 aromatic carbocycles. The molecular formula is C22H29NO5. The molecule has 0 fully saturated rings. The van der Waals surface area contributed by atoms with Gasteiger partial charge >= 0.3 is 0 Å². The van der Waals surface area contributed by atoms with Crippen molar-refractivity contribution >= 4 is 5.91 Å². The fraction of sp³-hybridized carbons (Fsp3) is 0.409. The van der Waals surface area contributed by atoms with Gasteiger partial charge in [-0.1, -0.05) is 13.0 Å². The molecule has 0 aromatic heterocycles. The van der Waals surface area contributed by atoms with Gasteiger partial charge in [-0.15, -0.1) is 0 Å². The summed E-state index contributed by atoms with van der Waals surface area (Å²) in [4.78, 5) is 12.4. The number of carbonyl (C=O) groups is 1. The molecule has 0 radical (unpaired) electrons. The molecule has 0 aliphatic heterocycles. The van der Waals surface area contributed by atoms with Gasteiger partial charge in [-0.3, -0.25) is 4.79 Å². The third kappa shape index (κ3) is 6.08. The Kier molecular flexibility index (Phi) is 8.46. The molecule has 2 rings (SSSR count). The highest BCUT2D eigenvalue weighted by atomic mass is 16.5. The van der Waals surface area contributed by atoms with E-state index in [-0.39, 0.29) is 5.91 Å². The lowest BCUT2D eigenvalue weighted by molar-refractivity contribution is -0.128. The second kappa shape index (κ2) is 11.1. The predicted octanol–water partition coefficient (Wildman–Crippen LogP) is 3.62. The second-order valence-corrected chi connectivity index (χ2v) is 6.27. The van der Waals surface area contributed by atoms with Gasteiger partial charge in [-0.25, -0.2) is 0 Å². The fourth-order valence-corrected chi connectivity index (χ4v) is 2.79. The summed E-state index contributed by atoms with van der Waals surface area (Å²) in [6.45, 7) is 2.51. The van der Waals surface area contributed by atoms with Crippen LogP contribution in [0.3, 0.4) is 0 Å². The number of nitrogens with one attached hydrogen (secondary N) is 1. The smallest absolute Gasteiger partial charge is 0.261 e. The number of benzene rings is 2. The van der Waals surface area contributed by atoms with Crippen LogP contribution >= 0.6 is 0 Å². The van der Waals surface area contributed by atoms with Crippen LogP contribution in [0, 0.1) is 0 Å². The van der Waals surface area contributed by atoms with Crippen LogP contribution in [-0.4, -0.2) is 39.9 Å². The number of methoxy groups -OCH3 is 3. The standard InChI is InChI=1S/C22H29NO5/c1-5-19(28-18-11-9-17(25-2)10-12-18)22(24)23-14-6-7-16-8-13-20(26-3)21(15-16)27-4/h8-13,15,19H,5-7,14H2,1-4H3,(H,23,24)/t19-/m1/s1. The summed E-state index contributed by atoms with van der Waals surface area (Å²) in [7, 11) is 4.85. The zero-order valence-corrected chi connectivity index (χ0v) is 17.0. The van der Waals surface area contributed by atoms with Gasteiger partial charge in [-0.05, 0) is 61.2 Å². The lowest BCUT2D eigenvalue weighted by atomic mass is 10.1. The molecule has 0 unspecified atom stereocenters. The van der Waals surface area contributed by atoms with Crippen LogP contribution in [0.5, 0.6) is 23.0 Å². The van der Waals surface area contributed by atoms with Crippen LogP contribution in [-0.2, 0) is 11.2 Å². The van der Waals surface area contributed by atoms with Gasteiger partial charge in [0.05, 0.1) is 21.3 Å². The van der Waals surface area contributed by atoms with Gasteiger partial charge in [0.2, 0.25) is 0 Å². The van der Waals surface area contributed by atoms with Crippen molar-refractivity contribution in [3.63, 3.8) is 0 Å². The van der Waals surface area contributed by atoms with Crippen LogP contribution in [0.4, 0.5) is 0 Å². The third-order valence-corrected chi connectivity index (χ3v) is 4.39. The summed E-state index contributed by atoms with van der Waals surface area (Å²) >= 11 is 0. The minimum atomic E-state index is -0.519. The zero-order valence-electron chi connectivity index (χ0n) is 17.0.